The maximum Gasteiger partial charge on any atom is 0.339 e. The Morgan fingerprint density at radius 2 is 1.87 bits per heavy atom. The second-order valence-electron chi connectivity index (χ2n) is 4.74. The zero-order valence-electron chi connectivity index (χ0n) is 12.7. The molecular formula is C17H16ClNO4. The molecule has 2 aromatic rings. The van der Waals surface area contributed by atoms with E-state index in [1.807, 2.05) is 0 Å². The molecule has 0 saturated carbocycles. The van der Waals surface area contributed by atoms with Crippen LogP contribution >= 0.6 is 11.6 Å². The lowest BCUT2D eigenvalue weighted by Crippen LogP contribution is -2.30. The number of anilines is 1. The number of ether oxygens (including phenoxy) is 2. The fourth-order valence-electron chi connectivity index (χ4n) is 1.91. The van der Waals surface area contributed by atoms with E-state index in [1.165, 1.54) is 7.11 Å². The van der Waals surface area contributed by atoms with E-state index in [0.717, 1.165) is 0 Å². The smallest absolute Gasteiger partial charge is 0.339 e. The van der Waals surface area contributed by atoms with Crippen LogP contribution in [0.25, 0.3) is 0 Å². The molecule has 0 aromatic heterocycles. The van der Waals surface area contributed by atoms with E-state index >= 15 is 0 Å². The lowest BCUT2D eigenvalue weighted by Gasteiger charge is -2.16. The highest BCUT2D eigenvalue weighted by molar-refractivity contribution is 6.30. The molecule has 1 N–H and O–H groups in total. The van der Waals surface area contributed by atoms with Gasteiger partial charge in [-0.1, -0.05) is 29.8 Å². The highest BCUT2D eigenvalue weighted by atomic mass is 35.5. The van der Waals surface area contributed by atoms with E-state index in [9.17, 15) is 9.59 Å². The number of methoxy groups -OCH3 is 1. The van der Waals surface area contributed by atoms with Crippen LogP contribution in [0.5, 0.6) is 5.75 Å². The van der Waals surface area contributed by atoms with E-state index < -0.39 is 12.1 Å². The Labute approximate surface area is 139 Å². The van der Waals surface area contributed by atoms with Gasteiger partial charge < -0.3 is 14.8 Å². The molecule has 120 valence electrons. The standard InChI is InChI=1S/C17H16ClNO4/c1-11(23-13-7-5-6-12(18)10-13)16(20)19-15-9-4-3-8-14(15)17(21)22-2/h3-11H,1-2H3,(H,19,20). The molecule has 23 heavy (non-hydrogen) atoms. The van der Waals surface area contributed by atoms with Crippen molar-refractivity contribution in [2.75, 3.05) is 12.4 Å². The van der Waals surface area contributed by atoms with Gasteiger partial charge >= 0.3 is 5.97 Å². The molecule has 5 nitrogen and oxygen atoms in total. The Balaban J connectivity index is 2.08. The summed E-state index contributed by atoms with van der Waals surface area (Å²) < 4.78 is 10.2. The minimum atomic E-state index is -0.765. The van der Waals surface area contributed by atoms with Crippen molar-refractivity contribution >= 4 is 29.2 Å². The van der Waals surface area contributed by atoms with Crippen molar-refractivity contribution in [2.45, 2.75) is 13.0 Å². The van der Waals surface area contributed by atoms with E-state index in [2.05, 4.69) is 5.32 Å². The van der Waals surface area contributed by atoms with E-state index in [0.29, 0.717) is 16.5 Å². The molecule has 6 heteroatoms. The Morgan fingerprint density at radius 1 is 1.13 bits per heavy atom. The molecular weight excluding hydrogens is 318 g/mol. The molecule has 2 aromatic carbocycles. The number of nitrogens with one attached hydrogen (secondary N) is 1. The molecule has 0 fully saturated rings. The maximum absolute atomic E-state index is 12.2. The first-order valence-corrected chi connectivity index (χ1v) is 7.29. The zero-order valence-corrected chi connectivity index (χ0v) is 13.5. The summed E-state index contributed by atoms with van der Waals surface area (Å²) in [4.78, 5) is 23.9. The van der Waals surface area contributed by atoms with Gasteiger partial charge in [0.2, 0.25) is 0 Å². The van der Waals surface area contributed by atoms with Crippen LogP contribution in [0.4, 0.5) is 5.69 Å². The van der Waals surface area contributed by atoms with Crippen LogP contribution in [0.15, 0.2) is 48.5 Å². The van der Waals surface area contributed by atoms with Crippen LogP contribution in [0, 0.1) is 0 Å². The molecule has 0 bridgehead atoms. The molecule has 1 unspecified atom stereocenters. The number of carbonyl (C=O) groups excluding carboxylic acids is 2. The van der Waals surface area contributed by atoms with Crippen LogP contribution in [0.1, 0.15) is 17.3 Å². The Kier molecular flexibility index (Phi) is 5.60. The molecule has 0 spiro atoms. The van der Waals surface area contributed by atoms with Crippen molar-refractivity contribution in [3.63, 3.8) is 0 Å². The number of benzene rings is 2. The van der Waals surface area contributed by atoms with Crippen molar-refractivity contribution < 1.29 is 19.1 Å². The third-order valence-electron chi connectivity index (χ3n) is 3.07. The average Bonchev–Trinajstić information content (AvgIpc) is 2.54. The summed E-state index contributed by atoms with van der Waals surface area (Å²) in [6.45, 7) is 1.61. The minimum Gasteiger partial charge on any atom is -0.481 e. The van der Waals surface area contributed by atoms with Crippen molar-refractivity contribution in [1.29, 1.82) is 0 Å². The largest absolute Gasteiger partial charge is 0.481 e. The van der Waals surface area contributed by atoms with Crippen LogP contribution in [-0.4, -0.2) is 25.1 Å². The average molecular weight is 334 g/mol. The van der Waals surface area contributed by atoms with Gasteiger partial charge in [0.1, 0.15) is 5.75 Å². The number of rotatable bonds is 5. The van der Waals surface area contributed by atoms with Crippen LogP contribution < -0.4 is 10.1 Å². The normalized spacial score (nSPS) is 11.4. The molecule has 2 rings (SSSR count). The summed E-state index contributed by atoms with van der Waals surface area (Å²) >= 11 is 5.88. The molecule has 0 saturated heterocycles. The molecule has 0 aliphatic heterocycles. The summed E-state index contributed by atoms with van der Waals surface area (Å²) in [5, 5.41) is 3.18. The number of amides is 1. The maximum atomic E-state index is 12.2. The number of halogens is 1. The molecule has 0 radical (unpaired) electrons. The lowest BCUT2D eigenvalue weighted by molar-refractivity contribution is -0.122. The van der Waals surface area contributed by atoms with Gasteiger partial charge in [0.15, 0.2) is 6.10 Å². The van der Waals surface area contributed by atoms with E-state index in [-0.39, 0.29) is 11.5 Å². The predicted octanol–water partition coefficient (Wildman–Crippen LogP) is 3.53. The van der Waals surface area contributed by atoms with Crippen molar-refractivity contribution in [3.05, 3.63) is 59.1 Å². The highest BCUT2D eigenvalue weighted by Gasteiger charge is 2.18. The van der Waals surface area contributed by atoms with Crippen LogP contribution in [-0.2, 0) is 9.53 Å². The van der Waals surface area contributed by atoms with Gasteiger partial charge in [-0.05, 0) is 37.3 Å². The van der Waals surface area contributed by atoms with Crippen molar-refractivity contribution in [2.24, 2.45) is 0 Å². The van der Waals surface area contributed by atoms with Gasteiger partial charge in [-0.25, -0.2) is 4.79 Å². The van der Waals surface area contributed by atoms with Gasteiger partial charge in [-0.15, -0.1) is 0 Å². The van der Waals surface area contributed by atoms with Gasteiger partial charge in [0, 0.05) is 5.02 Å². The molecule has 1 amide bonds. The highest BCUT2D eigenvalue weighted by Crippen LogP contribution is 2.20. The number of hydrogen-bond donors (Lipinski definition) is 1. The van der Waals surface area contributed by atoms with Crippen LogP contribution in [0.2, 0.25) is 5.02 Å². The SMILES string of the molecule is COC(=O)c1ccccc1NC(=O)C(C)Oc1cccc(Cl)c1. The number of esters is 1. The van der Waals surface area contributed by atoms with Gasteiger partial charge in [0.25, 0.3) is 5.91 Å². The zero-order chi connectivity index (χ0) is 16.8. The third-order valence-corrected chi connectivity index (χ3v) is 3.30. The number of para-hydroxylation sites is 1. The first-order valence-electron chi connectivity index (χ1n) is 6.91. The first kappa shape index (κ1) is 16.8. The van der Waals surface area contributed by atoms with Crippen LogP contribution in [0.3, 0.4) is 0 Å². The molecule has 0 heterocycles. The van der Waals surface area contributed by atoms with Gasteiger partial charge in [0.05, 0.1) is 18.4 Å². The minimum absolute atomic E-state index is 0.276. The van der Waals surface area contributed by atoms with E-state index in [1.54, 1.807) is 55.5 Å². The summed E-state index contributed by atoms with van der Waals surface area (Å²) in [6.07, 6.45) is -0.765. The summed E-state index contributed by atoms with van der Waals surface area (Å²) in [5.74, 6) is -0.424. The van der Waals surface area contributed by atoms with Gasteiger partial charge in [-0.3, -0.25) is 4.79 Å². The monoisotopic (exact) mass is 333 g/mol. The molecule has 0 aliphatic rings. The number of hydrogen-bond acceptors (Lipinski definition) is 4. The van der Waals surface area contributed by atoms with E-state index in [4.69, 9.17) is 21.1 Å². The third kappa shape index (κ3) is 4.47. The Bertz CT molecular complexity index is 717. The molecule has 0 aliphatic carbocycles. The van der Waals surface area contributed by atoms with Crippen molar-refractivity contribution in [3.8, 4) is 5.75 Å². The predicted molar refractivity (Wildman–Crippen MR) is 88.0 cm³/mol. The fraction of sp³-hybridized carbons (Fsp3) is 0.176. The second kappa shape index (κ2) is 7.65. The summed E-state index contributed by atoms with van der Waals surface area (Å²) in [5.41, 5.74) is 0.643. The van der Waals surface area contributed by atoms with Crippen molar-refractivity contribution in [1.82, 2.24) is 0 Å². The number of carbonyl (C=O) groups is 2. The fourth-order valence-corrected chi connectivity index (χ4v) is 2.09. The summed E-state index contributed by atoms with van der Waals surface area (Å²) in [7, 11) is 1.28. The Hall–Kier alpha value is -2.53. The summed E-state index contributed by atoms with van der Waals surface area (Å²) in [6, 6.07) is 13.4. The van der Waals surface area contributed by atoms with Gasteiger partial charge in [-0.2, -0.15) is 0 Å². The molecule has 1 atom stereocenters. The quantitative estimate of drug-likeness (QED) is 0.850. The second-order valence-corrected chi connectivity index (χ2v) is 5.18. The Morgan fingerprint density at radius 3 is 2.57 bits per heavy atom. The lowest BCUT2D eigenvalue weighted by atomic mass is 10.1. The first-order chi connectivity index (χ1) is 11.0. The topological polar surface area (TPSA) is 64.6 Å².